The van der Waals surface area contributed by atoms with Crippen molar-refractivity contribution in [3.05, 3.63) is 77.5 Å². The van der Waals surface area contributed by atoms with E-state index >= 15 is 0 Å². The van der Waals surface area contributed by atoms with Gasteiger partial charge >= 0.3 is 0 Å². The zero-order valence-corrected chi connectivity index (χ0v) is 23.1. The first-order valence-corrected chi connectivity index (χ1v) is 12.4. The zero-order chi connectivity index (χ0) is 26.4. The van der Waals surface area contributed by atoms with Crippen LogP contribution in [-0.2, 0) is 0 Å². The Morgan fingerprint density at radius 3 is 2.14 bits per heavy atom. The summed E-state index contributed by atoms with van der Waals surface area (Å²) in [4.78, 5) is 4.39. The lowest BCUT2D eigenvalue weighted by Gasteiger charge is -2.13. The molecule has 0 bridgehead atoms. The van der Waals surface area contributed by atoms with Crippen molar-refractivity contribution >= 4 is 10.9 Å². The largest absolute Gasteiger partial charge is 0.493 e. The summed E-state index contributed by atoms with van der Waals surface area (Å²) in [7, 11) is 3.23. The number of aryl methyl sites for hydroxylation is 2. The second-order valence-corrected chi connectivity index (χ2v) is 8.08. The van der Waals surface area contributed by atoms with Gasteiger partial charge in [-0.2, -0.15) is 0 Å². The topological polar surface area (TPSA) is 40.6 Å². The van der Waals surface area contributed by atoms with Crippen molar-refractivity contribution in [1.29, 1.82) is 0 Å². The number of rotatable bonds is 8. The molecular weight excluding hydrogens is 446 g/mol. The summed E-state index contributed by atoms with van der Waals surface area (Å²) in [5.41, 5.74) is 5.74. The van der Waals surface area contributed by atoms with Crippen molar-refractivity contribution in [2.24, 2.45) is 0 Å². The van der Waals surface area contributed by atoms with E-state index in [1.165, 1.54) is 29.6 Å². The summed E-state index contributed by atoms with van der Waals surface area (Å²) in [5, 5.41) is 0.880. The fourth-order valence-corrected chi connectivity index (χ4v) is 3.36. The van der Waals surface area contributed by atoms with E-state index in [1.54, 1.807) is 20.4 Å². The molecule has 0 unspecified atom stereocenters. The lowest BCUT2D eigenvalue weighted by Crippen LogP contribution is -1.94. The van der Waals surface area contributed by atoms with Crippen LogP contribution in [0.5, 0.6) is 23.0 Å². The van der Waals surface area contributed by atoms with Gasteiger partial charge in [-0.05, 0) is 64.3 Å². The number of methoxy groups -OCH3 is 2. The Bertz CT molecular complexity index is 1120. The summed E-state index contributed by atoms with van der Waals surface area (Å²) >= 11 is 0. The molecule has 0 aliphatic carbocycles. The van der Waals surface area contributed by atoms with Gasteiger partial charge in [0.1, 0.15) is 11.5 Å². The predicted molar refractivity (Wildman–Crippen MR) is 157 cm³/mol. The minimum absolute atomic E-state index is 0. The van der Waals surface area contributed by atoms with E-state index in [1.807, 2.05) is 51.1 Å². The molecule has 0 saturated heterocycles. The van der Waals surface area contributed by atoms with Crippen LogP contribution >= 0.6 is 0 Å². The first kappa shape index (κ1) is 32.7. The highest BCUT2D eigenvalue weighted by Gasteiger charge is 2.12. The van der Waals surface area contributed by atoms with Gasteiger partial charge in [-0.25, -0.2) is 0 Å². The fourth-order valence-electron chi connectivity index (χ4n) is 3.36. The monoisotopic (exact) mass is 493 g/mol. The average Bonchev–Trinajstić information content (AvgIpc) is 2.89. The molecule has 4 heteroatoms. The van der Waals surface area contributed by atoms with Crippen molar-refractivity contribution in [3.63, 3.8) is 0 Å². The Kier molecular flexibility index (Phi) is 15.6. The number of ether oxygens (including phenoxy) is 3. The van der Waals surface area contributed by atoms with E-state index in [0.717, 1.165) is 34.4 Å². The Balaban J connectivity index is 0.000000805. The standard InChI is InChI=1S/C19H19NO3.C10H18.C2H6.CH4/c1-12-5-6-16(13(2)9-12)23-17-7-8-20-15-11-19(22-4)18(21-3)10-14(15)17;1-5-7-8-10(4)9(3)6-2;1-2;/h5-11H,1-4H3;6H,4-5,7-8H2,1-3H3;1-2H3;1H4/b;9-6-;;. The number of benzene rings is 2. The van der Waals surface area contributed by atoms with Gasteiger partial charge in [0.2, 0.25) is 0 Å². The molecule has 0 aliphatic rings. The van der Waals surface area contributed by atoms with Crippen molar-refractivity contribution < 1.29 is 14.2 Å². The number of aromatic nitrogens is 1. The van der Waals surface area contributed by atoms with Gasteiger partial charge in [0.15, 0.2) is 11.5 Å². The molecule has 198 valence electrons. The Morgan fingerprint density at radius 1 is 0.944 bits per heavy atom. The van der Waals surface area contributed by atoms with Crippen LogP contribution in [0, 0.1) is 13.8 Å². The summed E-state index contributed by atoms with van der Waals surface area (Å²) in [5.74, 6) is 2.87. The summed E-state index contributed by atoms with van der Waals surface area (Å²) in [6, 6.07) is 11.7. The molecule has 3 rings (SSSR count). The number of hydrogen-bond donors (Lipinski definition) is 0. The van der Waals surface area contributed by atoms with Crippen molar-refractivity contribution in [2.75, 3.05) is 14.2 Å². The van der Waals surface area contributed by atoms with Crippen LogP contribution in [-0.4, -0.2) is 19.2 Å². The minimum Gasteiger partial charge on any atom is -0.493 e. The molecule has 3 aromatic rings. The summed E-state index contributed by atoms with van der Waals surface area (Å²) in [6.07, 6.45) is 7.54. The number of unbranched alkanes of at least 4 members (excludes halogenated alkanes) is 1. The first-order valence-electron chi connectivity index (χ1n) is 12.4. The highest BCUT2D eigenvalue weighted by atomic mass is 16.5. The zero-order valence-electron chi connectivity index (χ0n) is 23.1. The van der Waals surface area contributed by atoms with E-state index < -0.39 is 0 Å². The van der Waals surface area contributed by atoms with Crippen LogP contribution in [0.2, 0.25) is 0 Å². The normalized spacial score (nSPS) is 10.2. The molecule has 0 spiro atoms. The lowest BCUT2D eigenvalue weighted by molar-refractivity contribution is 0.355. The van der Waals surface area contributed by atoms with Gasteiger partial charge in [-0.1, -0.05) is 76.1 Å². The second kappa shape index (κ2) is 17.2. The molecule has 2 aromatic carbocycles. The maximum atomic E-state index is 6.11. The Morgan fingerprint density at radius 2 is 1.58 bits per heavy atom. The van der Waals surface area contributed by atoms with Gasteiger partial charge in [-0.3, -0.25) is 4.98 Å². The van der Waals surface area contributed by atoms with Gasteiger partial charge in [0.05, 0.1) is 19.7 Å². The van der Waals surface area contributed by atoms with Gasteiger partial charge in [0, 0.05) is 17.6 Å². The number of pyridine rings is 1. The molecule has 0 amide bonds. The van der Waals surface area contributed by atoms with Crippen molar-refractivity contribution in [1.82, 2.24) is 4.98 Å². The van der Waals surface area contributed by atoms with Crippen molar-refractivity contribution in [2.45, 2.75) is 75.2 Å². The molecular formula is C32H47NO3. The molecule has 1 aromatic heterocycles. The second-order valence-electron chi connectivity index (χ2n) is 8.08. The molecule has 36 heavy (non-hydrogen) atoms. The quantitative estimate of drug-likeness (QED) is 0.293. The smallest absolute Gasteiger partial charge is 0.162 e. The van der Waals surface area contributed by atoms with Crippen LogP contribution in [0.25, 0.3) is 10.9 Å². The number of fused-ring (bicyclic) bond motifs is 1. The van der Waals surface area contributed by atoms with Crippen molar-refractivity contribution in [3.8, 4) is 23.0 Å². The van der Waals surface area contributed by atoms with Crippen LogP contribution in [0.3, 0.4) is 0 Å². The molecule has 0 aliphatic heterocycles. The van der Waals surface area contributed by atoms with Crippen LogP contribution in [0.4, 0.5) is 0 Å². The lowest BCUT2D eigenvalue weighted by atomic mass is 10.0. The predicted octanol–water partition coefficient (Wildman–Crippen LogP) is 10.0. The summed E-state index contributed by atoms with van der Waals surface area (Å²) in [6.45, 7) is 18.5. The maximum absolute atomic E-state index is 6.11. The highest BCUT2D eigenvalue weighted by molar-refractivity contribution is 5.88. The highest BCUT2D eigenvalue weighted by Crippen LogP contribution is 2.37. The number of nitrogens with zero attached hydrogens (tertiary/aromatic N) is 1. The molecule has 0 radical (unpaired) electrons. The van der Waals surface area contributed by atoms with E-state index in [-0.39, 0.29) is 7.43 Å². The van der Waals surface area contributed by atoms with E-state index in [0.29, 0.717) is 11.5 Å². The number of allylic oxidation sites excluding steroid dienone is 3. The third-order valence-electron chi connectivity index (χ3n) is 5.58. The minimum atomic E-state index is 0. The molecule has 0 saturated carbocycles. The van der Waals surface area contributed by atoms with Gasteiger partial charge in [0.25, 0.3) is 0 Å². The van der Waals surface area contributed by atoms with Crippen LogP contribution in [0.1, 0.15) is 72.4 Å². The number of hydrogen-bond acceptors (Lipinski definition) is 4. The molecule has 0 N–H and O–H groups in total. The third-order valence-corrected chi connectivity index (χ3v) is 5.58. The maximum Gasteiger partial charge on any atom is 0.162 e. The SMILES string of the molecule is C.C=C(CCCC)/C(C)=C\C.CC.COc1cc2nccc(Oc3ccc(C)cc3C)c2cc1OC. The molecule has 1 heterocycles. The Labute approximate surface area is 220 Å². The van der Waals surface area contributed by atoms with Gasteiger partial charge < -0.3 is 14.2 Å². The van der Waals surface area contributed by atoms with Crippen LogP contribution < -0.4 is 14.2 Å². The van der Waals surface area contributed by atoms with E-state index in [2.05, 4.69) is 51.4 Å². The summed E-state index contributed by atoms with van der Waals surface area (Å²) < 4.78 is 16.8. The van der Waals surface area contributed by atoms with Crippen LogP contribution in [0.15, 0.2) is 66.4 Å². The molecule has 0 atom stereocenters. The molecule has 4 nitrogen and oxygen atoms in total. The van der Waals surface area contributed by atoms with E-state index in [4.69, 9.17) is 14.2 Å². The average molecular weight is 494 g/mol. The van der Waals surface area contributed by atoms with Gasteiger partial charge in [-0.15, -0.1) is 0 Å². The van der Waals surface area contributed by atoms with E-state index in [9.17, 15) is 0 Å². The Hall–Kier alpha value is -3.27. The third kappa shape index (κ3) is 9.41. The first-order chi connectivity index (χ1) is 16.8. The fraction of sp³-hybridized carbons (Fsp3) is 0.406. The molecule has 0 fully saturated rings.